The van der Waals surface area contributed by atoms with E-state index in [0.717, 1.165) is 0 Å². The molecule has 72 valence electrons. The van der Waals surface area contributed by atoms with Crippen LogP contribution < -0.4 is 0 Å². The molecule has 0 radical (unpaired) electrons. The fraction of sp³-hybridized carbons (Fsp3) is 0.800. The lowest BCUT2D eigenvalue weighted by molar-refractivity contribution is 0.0635. The molecular weight excluding hydrogens is 152 g/mol. The number of aliphatic hydroxyl groups is 2. The summed E-state index contributed by atoms with van der Waals surface area (Å²) >= 11 is 0. The molecule has 0 heterocycles. The van der Waals surface area contributed by atoms with Crippen LogP contribution in [-0.2, 0) is 0 Å². The highest BCUT2D eigenvalue weighted by Gasteiger charge is 2.17. The van der Waals surface area contributed by atoms with Crippen LogP contribution in [0.5, 0.6) is 0 Å². The van der Waals surface area contributed by atoms with Crippen LogP contribution in [0.25, 0.3) is 0 Å². The van der Waals surface area contributed by atoms with Crippen LogP contribution >= 0.6 is 0 Å². The fourth-order valence-corrected chi connectivity index (χ4v) is 0.950. The zero-order valence-corrected chi connectivity index (χ0v) is 8.20. The lowest BCUT2D eigenvalue weighted by Crippen LogP contribution is -2.24. The van der Waals surface area contributed by atoms with Crippen molar-refractivity contribution in [3.8, 4) is 0 Å². The van der Waals surface area contributed by atoms with Crippen LogP contribution in [0.2, 0.25) is 0 Å². The second kappa shape index (κ2) is 5.33. The third-order valence-corrected chi connectivity index (χ3v) is 2.42. The second-order valence-electron chi connectivity index (χ2n) is 3.62. The minimum Gasteiger partial charge on any atom is -0.393 e. The Hall–Kier alpha value is -0.340. The summed E-state index contributed by atoms with van der Waals surface area (Å²) in [6, 6.07) is 0. The van der Waals surface area contributed by atoms with Crippen molar-refractivity contribution in [3.05, 3.63) is 12.7 Å². The molecule has 0 bridgehead atoms. The summed E-state index contributed by atoms with van der Waals surface area (Å²) in [4.78, 5) is 0. The summed E-state index contributed by atoms with van der Waals surface area (Å²) in [7, 11) is 0. The maximum atomic E-state index is 9.55. The Morgan fingerprint density at radius 3 is 2.08 bits per heavy atom. The Morgan fingerprint density at radius 1 is 1.25 bits per heavy atom. The molecule has 12 heavy (non-hydrogen) atoms. The van der Waals surface area contributed by atoms with Gasteiger partial charge >= 0.3 is 0 Å². The zero-order chi connectivity index (χ0) is 9.72. The average Bonchev–Trinajstić information content (AvgIpc) is 2.02. The highest BCUT2D eigenvalue weighted by atomic mass is 16.3. The molecule has 2 N–H and O–H groups in total. The number of rotatable bonds is 5. The van der Waals surface area contributed by atoms with Crippen LogP contribution in [-0.4, -0.2) is 22.4 Å². The van der Waals surface area contributed by atoms with Gasteiger partial charge in [-0.15, -0.1) is 6.58 Å². The standard InChI is InChI=1S/C10H20O2/c1-5-7(2)10(12)6-8(3)9(4)11/h5,7-12H,1,6H2,2-4H3. The number of hydrogen-bond acceptors (Lipinski definition) is 2. The molecule has 0 rings (SSSR count). The first-order valence-corrected chi connectivity index (χ1v) is 4.47. The SMILES string of the molecule is C=CC(C)C(O)CC(C)C(C)O. The Kier molecular flexibility index (Phi) is 5.18. The van der Waals surface area contributed by atoms with Gasteiger partial charge in [-0.25, -0.2) is 0 Å². The van der Waals surface area contributed by atoms with Gasteiger partial charge in [-0.2, -0.15) is 0 Å². The topological polar surface area (TPSA) is 40.5 Å². The predicted molar refractivity (Wildman–Crippen MR) is 50.8 cm³/mol. The van der Waals surface area contributed by atoms with Crippen molar-refractivity contribution in [2.45, 2.75) is 39.4 Å². The van der Waals surface area contributed by atoms with Gasteiger partial charge < -0.3 is 10.2 Å². The van der Waals surface area contributed by atoms with Crippen molar-refractivity contribution < 1.29 is 10.2 Å². The number of aliphatic hydroxyl groups excluding tert-OH is 2. The first-order valence-electron chi connectivity index (χ1n) is 4.47. The van der Waals surface area contributed by atoms with Gasteiger partial charge in [0.25, 0.3) is 0 Å². The predicted octanol–water partition coefficient (Wildman–Crippen LogP) is 1.58. The summed E-state index contributed by atoms with van der Waals surface area (Å²) in [5.41, 5.74) is 0. The zero-order valence-electron chi connectivity index (χ0n) is 8.20. The van der Waals surface area contributed by atoms with Gasteiger partial charge in [0.05, 0.1) is 12.2 Å². The smallest absolute Gasteiger partial charge is 0.0603 e. The van der Waals surface area contributed by atoms with Crippen LogP contribution in [0.3, 0.4) is 0 Å². The van der Waals surface area contributed by atoms with E-state index in [9.17, 15) is 10.2 Å². The van der Waals surface area contributed by atoms with Crippen LogP contribution in [0.15, 0.2) is 12.7 Å². The van der Waals surface area contributed by atoms with E-state index in [1.165, 1.54) is 0 Å². The molecule has 0 aliphatic heterocycles. The fourth-order valence-electron chi connectivity index (χ4n) is 0.950. The summed E-state index contributed by atoms with van der Waals surface area (Å²) in [6.07, 6.45) is 1.63. The molecule has 0 fully saturated rings. The summed E-state index contributed by atoms with van der Waals surface area (Å²) in [5, 5.41) is 18.7. The molecule has 0 aromatic heterocycles. The Balaban J connectivity index is 3.82. The van der Waals surface area contributed by atoms with E-state index in [0.29, 0.717) is 6.42 Å². The van der Waals surface area contributed by atoms with E-state index >= 15 is 0 Å². The normalized spacial score (nSPS) is 21.1. The molecule has 0 amide bonds. The second-order valence-corrected chi connectivity index (χ2v) is 3.62. The maximum absolute atomic E-state index is 9.55. The van der Waals surface area contributed by atoms with Crippen molar-refractivity contribution in [1.29, 1.82) is 0 Å². The molecule has 4 atom stereocenters. The first-order chi connectivity index (χ1) is 5.49. The molecule has 0 aromatic carbocycles. The van der Waals surface area contributed by atoms with Crippen molar-refractivity contribution in [1.82, 2.24) is 0 Å². The van der Waals surface area contributed by atoms with Crippen molar-refractivity contribution in [2.24, 2.45) is 11.8 Å². The van der Waals surface area contributed by atoms with E-state index in [4.69, 9.17) is 0 Å². The molecule has 4 unspecified atom stereocenters. The average molecular weight is 172 g/mol. The van der Waals surface area contributed by atoms with Crippen molar-refractivity contribution >= 4 is 0 Å². The first kappa shape index (κ1) is 11.7. The van der Waals surface area contributed by atoms with Gasteiger partial charge in [0.1, 0.15) is 0 Å². The van der Waals surface area contributed by atoms with E-state index in [-0.39, 0.29) is 24.0 Å². The minimum atomic E-state index is -0.382. The molecule has 2 nitrogen and oxygen atoms in total. The van der Waals surface area contributed by atoms with Crippen LogP contribution in [0.1, 0.15) is 27.2 Å². The summed E-state index contributed by atoms with van der Waals surface area (Å²) < 4.78 is 0. The Morgan fingerprint density at radius 2 is 1.75 bits per heavy atom. The highest BCUT2D eigenvalue weighted by molar-refractivity contribution is 4.82. The Labute approximate surface area is 74.9 Å². The molecular formula is C10H20O2. The lowest BCUT2D eigenvalue weighted by Gasteiger charge is -2.21. The van der Waals surface area contributed by atoms with E-state index in [1.54, 1.807) is 13.0 Å². The Bertz CT molecular complexity index is 132. The van der Waals surface area contributed by atoms with Gasteiger partial charge in [0.2, 0.25) is 0 Å². The molecule has 0 saturated carbocycles. The monoisotopic (exact) mass is 172 g/mol. The van der Waals surface area contributed by atoms with Gasteiger partial charge in [-0.3, -0.25) is 0 Å². The van der Waals surface area contributed by atoms with E-state index < -0.39 is 0 Å². The number of hydrogen-bond donors (Lipinski definition) is 2. The van der Waals surface area contributed by atoms with Gasteiger partial charge in [-0.05, 0) is 25.2 Å². The molecule has 0 spiro atoms. The van der Waals surface area contributed by atoms with Crippen molar-refractivity contribution in [3.63, 3.8) is 0 Å². The maximum Gasteiger partial charge on any atom is 0.0603 e. The van der Waals surface area contributed by atoms with Crippen LogP contribution in [0, 0.1) is 11.8 Å². The minimum absolute atomic E-state index is 0.103. The third-order valence-electron chi connectivity index (χ3n) is 2.42. The van der Waals surface area contributed by atoms with Crippen LogP contribution in [0.4, 0.5) is 0 Å². The molecule has 0 aliphatic carbocycles. The largest absolute Gasteiger partial charge is 0.393 e. The molecule has 0 saturated heterocycles. The van der Waals surface area contributed by atoms with Gasteiger partial charge in [-0.1, -0.05) is 19.9 Å². The lowest BCUT2D eigenvalue weighted by atomic mass is 9.92. The van der Waals surface area contributed by atoms with Gasteiger partial charge in [0.15, 0.2) is 0 Å². The highest BCUT2D eigenvalue weighted by Crippen LogP contribution is 2.16. The molecule has 0 aliphatic rings. The molecule has 0 aromatic rings. The van der Waals surface area contributed by atoms with E-state index in [1.807, 2.05) is 13.8 Å². The molecule has 2 heteroatoms. The third kappa shape index (κ3) is 3.88. The summed E-state index contributed by atoms with van der Waals surface area (Å²) in [6.45, 7) is 9.21. The summed E-state index contributed by atoms with van der Waals surface area (Å²) in [5.74, 6) is 0.244. The van der Waals surface area contributed by atoms with Crippen molar-refractivity contribution in [2.75, 3.05) is 0 Å². The quantitative estimate of drug-likeness (QED) is 0.618. The van der Waals surface area contributed by atoms with E-state index in [2.05, 4.69) is 6.58 Å². The van der Waals surface area contributed by atoms with Gasteiger partial charge in [0, 0.05) is 0 Å².